The van der Waals surface area contributed by atoms with Gasteiger partial charge in [0.15, 0.2) is 5.17 Å². The first-order valence-electron chi connectivity index (χ1n) is 12.3. The number of carbonyl (C=O) groups is 1. The van der Waals surface area contributed by atoms with Crippen molar-refractivity contribution in [3.8, 4) is 17.2 Å². The van der Waals surface area contributed by atoms with Crippen LogP contribution in [-0.2, 0) is 4.79 Å². The molecule has 1 saturated heterocycles. The number of halogens is 1. The first kappa shape index (κ1) is 26.8. The molecular weight excluding hydrogens is 506 g/mol. The molecule has 0 bridgehead atoms. The zero-order valence-corrected chi connectivity index (χ0v) is 22.5. The molecule has 0 radical (unpaired) electrons. The number of hydrogen-bond acceptors (Lipinski definition) is 6. The minimum Gasteiger partial charge on any atom is -0.494 e. The zero-order valence-electron chi connectivity index (χ0n) is 20.9. The van der Waals surface area contributed by atoms with Gasteiger partial charge in [-0.05, 0) is 104 Å². The summed E-state index contributed by atoms with van der Waals surface area (Å²) in [4.78, 5) is 20.1. The van der Waals surface area contributed by atoms with Gasteiger partial charge in [0.2, 0.25) is 0 Å². The lowest BCUT2D eigenvalue weighted by molar-refractivity contribution is -0.115. The van der Waals surface area contributed by atoms with Crippen molar-refractivity contribution in [3.05, 3.63) is 88.3 Å². The van der Waals surface area contributed by atoms with Crippen LogP contribution in [0.25, 0.3) is 6.08 Å². The van der Waals surface area contributed by atoms with Crippen LogP contribution in [-0.4, -0.2) is 42.2 Å². The molecule has 8 heteroatoms. The van der Waals surface area contributed by atoms with E-state index in [0.29, 0.717) is 38.9 Å². The zero-order chi connectivity index (χ0) is 26.0. The van der Waals surface area contributed by atoms with Crippen molar-refractivity contribution in [1.82, 2.24) is 10.2 Å². The SMILES string of the molecule is CCN(CC)CCCOc1cccc(/C=C2\SC(=Nc3ccc(Oc4ccc(Cl)cc4)cc3)NC2=O)c1. The monoisotopic (exact) mass is 535 g/mol. The molecule has 0 unspecified atom stereocenters. The smallest absolute Gasteiger partial charge is 0.264 e. The number of thioether (sulfide) groups is 1. The Morgan fingerprint density at radius 1 is 0.973 bits per heavy atom. The van der Waals surface area contributed by atoms with Gasteiger partial charge in [0.1, 0.15) is 17.2 Å². The summed E-state index contributed by atoms with van der Waals surface area (Å²) in [6.07, 6.45) is 2.83. The standard InChI is InChI=1S/C29H30ClN3O3S/c1-3-33(4-2)17-6-18-35-26-8-5-7-21(19-26)20-27-28(34)32-29(37-27)31-23-11-15-25(16-12-23)36-24-13-9-22(30)10-14-24/h5,7-16,19-20H,3-4,6,17-18H2,1-2H3,(H,31,32,34)/b27-20-. The van der Waals surface area contributed by atoms with E-state index in [1.54, 1.807) is 12.1 Å². The van der Waals surface area contributed by atoms with E-state index in [2.05, 4.69) is 29.1 Å². The van der Waals surface area contributed by atoms with Crippen molar-refractivity contribution >= 4 is 46.2 Å². The molecule has 0 aromatic heterocycles. The van der Waals surface area contributed by atoms with Crippen LogP contribution in [0.5, 0.6) is 17.2 Å². The molecule has 0 atom stereocenters. The molecule has 0 spiro atoms. The van der Waals surface area contributed by atoms with Crippen LogP contribution in [0.3, 0.4) is 0 Å². The molecule has 1 heterocycles. The van der Waals surface area contributed by atoms with Gasteiger partial charge >= 0.3 is 0 Å². The molecule has 4 rings (SSSR count). The van der Waals surface area contributed by atoms with Crippen LogP contribution >= 0.6 is 23.4 Å². The summed E-state index contributed by atoms with van der Waals surface area (Å²) in [6, 6.07) is 22.3. The maximum Gasteiger partial charge on any atom is 0.264 e. The molecule has 1 aliphatic heterocycles. The number of amides is 1. The predicted molar refractivity (Wildman–Crippen MR) is 153 cm³/mol. The van der Waals surface area contributed by atoms with E-state index in [1.807, 2.05) is 66.7 Å². The molecule has 0 aliphatic carbocycles. The van der Waals surface area contributed by atoms with Crippen LogP contribution < -0.4 is 14.8 Å². The molecular formula is C29H30ClN3O3S. The molecule has 1 aliphatic rings. The first-order chi connectivity index (χ1) is 18.0. The van der Waals surface area contributed by atoms with Crippen molar-refractivity contribution in [2.24, 2.45) is 4.99 Å². The summed E-state index contributed by atoms with van der Waals surface area (Å²) in [5.41, 5.74) is 1.62. The van der Waals surface area contributed by atoms with Gasteiger partial charge < -0.3 is 19.7 Å². The lowest BCUT2D eigenvalue weighted by Crippen LogP contribution is -2.25. The summed E-state index contributed by atoms with van der Waals surface area (Å²) < 4.78 is 11.7. The van der Waals surface area contributed by atoms with Crippen LogP contribution in [0.2, 0.25) is 5.02 Å². The van der Waals surface area contributed by atoms with E-state index in [1.165, 1.54) is 11.8 Å². The third-order valence-electron chi connectivity index (χ3n) is 5.71. The second-order valence-corrected chi connectivity index (χ2v) is 9.80. The number of nitrogens with one attached hydrogen (secondary N) is 1. The number of hydrogen-bond donors (Lipinski definition) is 1. The first-order valence-corrected chi connectivity index (χ1v) is 13.5. The summed E-state index contributed by atoms with van der Waals surface area (Å²) in [5, 5.41) is 4.03. The van der Waals surface area contributed by atoms with Crippen LogP contribution in [0.15, 0.2) is 82.7 Å². The Morgan fingerprint density at radius 3 is 2.38 bits per heavy atom. The number of aliphatic imine (C=N–C) groups is 1. The summed E-state index contributed by atoms with van der Waals surface area (Å²) in [6.45, 7) is 8.12. The Morgan fingerprint density at radius 2 is 1.68 bits per heavy atom. The van der Waals surface area contributed by atoms with Gasteiger partial charge in [0, 0.05) is 11.6 Å². The molecule has 1 N–H and O–H groups in total. The molecule has 1 amide bonds. The van der Waals surface area contributed by atoms with E-state index in [4.69, 9.17) is 21.1 Å². The van der Waals surface area contributed by atoms with E-state index in [9.17, 15) is 4.79 Å². The number of rotatable bonds is 11. The average Bonchev–Trinajstić information content (AvgIpc) is 3.25. The van der Waals surface area contributed by atoms with Crippen molar-refractivity contribution in [1.29, 1.82) is 0 Å². The van der Waals surface area contributed by atoms with Gasteiger partial charge in [0.25, 0.3) is 5.91 Å². The normalized spacial score (nSPS) is 15.4. The van der Waals surface area contributed by atoms with Gasteiger partial charge in [-0.15, -0.1) is 0 Å². The fourth-order valence-corrected chi connectivity index (χ4v) is 4.66. The predicted octanol–water partition coefficient (Wildman–Crippen LogP) is 7.13. The molecule has 3 aromatic carbocycles. The van der Waals surface area contributed by atoms with E-state index in [-0.39, 0.29) is 5.91 Å². The Bertz CT molecular complexity index is 1260. The van der Waals surface area contributed by atoms with Gasteiger partial charge in [-0.25, -0.2) is 4.99 Å². The topological polar surface area (TPSA) is 63.2 Å². The van der Waals surface area contributed by atoms with Gasteiger partial charge in [-0.2, -0.15) is 0 Å². The molecule has 6 nitrogen and oxygen atoms in total. The molecule has 192 valence electrons. The lowest BCUT2D eigenvalue weighted by atomic mass is 10.2. The number of carbonyl (C=O) groups excluding carboxylic acids is 1. The third-order valence-corrected chi connectivity index (χ3v) is 6.87. The van der Waals surface area contributed by atoms with Gasteiger partial charge in [0.05, 0.1) is 17.2 Å². The number of benzene rings is 3. The van der Waals surface area contributed by atoms with Crippen LogP contribution in [0.4, 0.5) is 5.69 Å². The third kappa shape index (κ3) is 8.12. The van der Waals surface area contributed by atoms with Crippen molar-refractivity contribution in [2.45, 2.75) is 20.3 Å². The van der Waals surface area contributed by atoms with E-state index >= 15 is 0 Å². The Labute approximate surface area is 227 Å². The number of ether oxygens (including phenoxy) is 2. The second kappa shape index (κ2) is 13.3. The summed E-state index contributed by atoms with van der Waals surface area (Å²) in [5.74, 6) is 2.01. The van der Waals surface area contributed by atoms with Crippen molar-refractivity contribution < 1.29 is 14.3 Å². The largest absolute Gasteiger partial charge is 0.494 e. The van der Waals surface area contributed by atoms with Crippen molar-refractivity contribution in [2.75, 3.05) is 26.2 Å². The van der Waals surface area contributed by atoms with Crippen LogP contribution in [0.1, 0.15) is 25.8 Å². The Kier molecular flexibility index (Phi) is 9.65. The minimum atomic E-state index is -0.169. The van der Waals surface area contributed by atoms with E-state index < -0.39 is 0 Å². The highest BCUT2D eigenvalue weighted by Gasteiger charge is 2.23. The fourth-order valence-electron chi connectivity index (χ4n) is 3.69. The maximum atomic E-state index is 12.5. The second-order valence-electron chi connectivity index (χ2n) is 8.33. The average molecular weight is 536 g/mol. The highest BCUT2D eigenvalue weighted by atomic mass is 35.5. The maximum absolute atomic E-state index is 12.5. The quantitative estimate of drug-likeness (QED) is 0.209. The van der Waals surface area contributed by atoms with E-state index in [0.717, 1.165) is 37.4 Å². The minimum absolute atomic E-state index is 0.169. The Balaban J connectivity index is 1.34. The van der Waals surface area contributed by atoms with Crippen molar-refractivity contribution in [3.63, 3.8) is 0 Å². The van der Waals surface area contributed by atoms with Crippen LogP contribution in [0, 0.1) is 0 Å². The number of nitrogens with zero attached hydrogens (tertiary/aromatic N) is 2. The molecule has 0 saturated carbocycles. The number of amidine groups is 1. The van der Waals surface area contributed by atoms with Gasteiger partial charge in [-0.1, -0.05) is 37.6 Å². The summed E-state index contributed by atoms with van der Waals surface area (Å²) >= 11 is 7.23. The molecule has 37 heavy (non-hydrogen) atoms. The summed E-state index contributed by atoms with van der Waals surface area (Å²) in [7, 11) is 0. The Hall–Kier alpha value is -3.26. The highest BCUT2D eigenvalue weighted by Crippen LogP contribution is 2.30. The highest BCUT2D eigenvalue weighted by molar-refractivity contribution is 8.18. The fraction of sp³-hybridized carbons (Fsp3) is 0.241. The lowest BCUT2D eigenvalue weighted by Gasteiger charge is -2.17. The molecule has 1 fully saturated rings. The molecule has 3 aromatic rings. The van der Waals surface area contributed by atoms with Gasteiger partial charge in [-0.3, -0.25) is 4.79 Å².